The summed E-state index contributed by atoms with van der Waals surface area (Å²) in [5, 5.41) is 3.74. The van der Waals surface area contributed by atoms with Gasteiger partial charge in [0.1, 0.15) is 0 Å². The van der Waals surface area contributed by atoms with E-state index in [4.69, 9.17) is 16.3 Å². The molecule has 1 fully saturated rings. The fraction of sp³-hybridized carbons (Fsp3) is 0.524. The van der Waals surface area contributed by atoms with Crippen LogP contribution in [0.3, 0.4) is 0 Å². The molecule has 1 aromatic heterocycles. The summed E-state index contributed by atoms with van der Waals surface area (Å²) in [6, 6.07) is 6.17. The number of likely N-dealkylation sites (tertiary alicyclic amines) is 1. The molecule has 2 aromatic rings. The van der Waals surface area contributed by atoms with E-state index in [1.54, 1.807) is 0 Å². The Balaban J connectivity index is 0.00000102. The largest absolute Gasteiger partial charge is 0.363 e. The third-order valence-corrected chi connectivity index (χ3v) is 5.58. The molecule has 0 amide bonds. The number of benzene rings is 1. The van der Waals surface area contributed by atoms with E-state index in [1.807, 2.05) is 39.4 Å². The van der Waals surface area contributed by atoms with Crippen LogP contribution in [0.2, 0.25) is 5.02 Å². The van der Waals surface area contributed by atoms with Gasteiger partial charge in [0, 0.05) is 49.7 Å². The summed E-state index contributed by atoms with van der Waals surface area (Å²) in [5.41, 5.74) is 3.53. The van der Waals surface area contributed by atoms with Crippen LogP contribution >= 0.6 is 11.6 Å². The molecule has 1 saturated heterocycles. The maximum atomic E-state index is 6.43. The summed E-state index contributed by atoms with van der Waals surface area (Å²) in [6.07, 6.45) is 5.90. The van der Waals surface area contributed by atoms with Crippen LogP contribution < -0.4 is 5.32 Å². The molecule has 0 saturated carbocycles. The second-order valence-electron chi connectivity index (χ2n) is 6.93. The van der Waals surface area contributed by atoms with Crippen LogP contribution in [0.1, 0.15) is 56.4 Å². The van der Waals surface area contributed by atoms with Gasteiger partial charge in [-0.15, -0.1) is 0 Å². The smallest absolute Gasteiger partial charge is 0.222 e. The summed E-state index contributed by atoms with van der Waals surface area (Å²) in [5.74, 6) is 0.656. The van der Waals surface area contributed by atoms with E-state index in [0.717, 1.165) is 43.1 Å². The average molecular weight is 389 g/mol. The van der Waals surface area contributed by atoms with Crippen LogP contribution in [0.25, 0.3) is 0 Å². The van der Waals surface area contributed by atoms with Crippen LogP contribution in [-0.2, 0) is 16.9 Å². The Kier molecular flexibility index (Phi) is 6.35. The Morgan fingerprint density at radius 1 is 1.22 bits per heavy atom. The maximum absolute atomic E-state index is 6.43. The van der Waals surface area contributed by atoms with E-state index in [9.17, 15) is 0 Å². The van der Waals surface area contributed by atoms with E-state index >= 15 is 0 Å². The molecule has 4 rings (SSSR count). The molecule has 27 heavy (non-hydrogen) atoms. The van der Waals surface area contributed by atoms with Crippen molar-refractivity contribution in [2.75, 3.05) is 25.5 Å². The van der Waals surface area contributed by atoms with Gasteiger partial charge >= 0.3 is 0 Å². The Morgan fingerprint density at radius 2 is 1.89 bits per heavy atom. The van der Waals surface area contributed by atoms with Crippen LogP contribution in [-0.4, -0.2) is 35.0 Å². The van der Waals surface area contributed by atoms with Gasteiger partial charge in [-0.1, -0.05) is 31.5 Å². The van der Waals surface area contributed by atoms with E-state index in [-0.39, 0.29) is 11.7 Å². The summed E-state index contributed by atoms with van der Waals surface area (Å²) in [6.45, 7) is 8.99. The monoisotopic (exact) mass is 388 g/mol. The molecule has 0 aliphatic carbocycles. The first kappa shape index (κ1) is 20.1. The summed E-state index contributed by atoms with van der Waals surface area (Å²) >= 11 is 6.25. The number of hydrogen-bond donors (Lipinski definition) is 1. The first-order valence-corrected chi connectivity index (χ1v) is 10.2. The molecular formula is C21H29ClN4O. The molecule has 6 heteroatoms. The molecular weight excluding hydrogens is 360 g/mol. The van der Waals surface area contributed by atoms with Gasteiger partial charge in [0.15, 0.2) is 0 Å². The minimum Gasteiger partial charge on any atom is -0.363 e. The van der Waals surface area contributed by atoms with Crippen molar-refractivity contribution in [3.8, 4) is 0 Å². The first-order chi connectivity index (χ1) is 13.1. The SMILES string of the molecule is CC.CNc1ncc(CN2CCC3(CC2)OC(C)c2ccc(Cl)cc23)cn1. The van der Waals surface area contributed by atoms with Gasteiger partial charge in [0.05, 0.1) is 11.7 Å². The van der Waals surface area contributed by atoms with Gasteiger partial charge < -0.3 is 10.1 Å². The van der Waals surface area contributed by atoms with Crippen LogP contribution in [0.4, 0.5) is 5.95 Å². The highest BCUT2D eigenvalue weighted by atomic mass is 35.5. The minimum absolute atomic E-state index is 0.140. The van der Waals surface area contributed by atoms with Crippen molar-refractivity contribution < 1.29 is 4.74 Å². The topological polar surface area (TPSA) is 50.3 Å². The molecule has 0 radical (unpaired) electrons. The van der Waals surface area contributed by atoms with E-state index in [2.05, 4.69) is 39.2 Å². The summed E-state index contributed by atoms with van der Waals surface area (Å²) < 4.78 is 6.43. The highest BCUT2D eigenvalue weighted by Gasteiger charge is 2.45. The first-order valence-electron chi connectivity index (χ1n) is 9.78. The second-order valence-corrected chi connectivity index (χ2v) is 7.36. The number of ether oxygens (including phenoxy) is 1. The molecule has 3 heterocycles. The van der Waals surface area contributed by atoms with Gasteiger partial charge in [-0.25, -0.2) is 9.97 Å². The van der Waals surface area contributed by atoms with Crippen molar-refractivity contribution in [3.63, 3.8) is 0 Å². The maximum Gasteiger partial charge on any atom is 0.222 e. The number of piperidine rings is 1. The molecule has 1 atom stereocenters. The third kappa shape index (κ3) is 4.10. The van der Waals surface area contributed by atoms with Crippen molar-refractivity contribution >= 4 is 17.5 Å². The zero-order valence-electron chi connectivity index (χ0n) is 16.6. The predicted molar refractivity (Wildman–Crippen MR) is 110 cm³/mol. The van der Waals surface area contributed by atoms with Gasteiger partial charge in [-0.3, -0.25) is 4.90 Å². The lowest BCUT2D eigenvalue weighted by Crippen LogP contribution is -2.42. The molecule has 1 aromatic carbocycles. The predicted octanol–water partition coefficient (Wildman–Crippen LogP) is 4.78. The molecule has 0 bridgehead atoms. The fourth-order valence-corrected chi connectivity index (χ4v) is 4.20. The average Bonchev–Trinajstić information content (AvgIpc) is 2.97. The van der Waals surface area contributed by atoms with E-state index in [1.165, 1.54) is 11.1 Å². The molecule has 1 spiro atoms. The van der Waals surface area contributed by atoms with Gasteiger partial charge in [0.25, 0.3) is 0 Å². The van der Waals surface area contributed by atoms with Gasteiger partial charge in [-0.2, -0.15) is 0 Å². The third-order valence-electron chi connectivity index (χ3n) is 5.35. The lowest BCUT2D eigenvalue weighted by atomic mass is 9.83. The fourth-order valence-electron chi connectivity index (χ4n) is 4.03. The number of halogens is 1. The Morgan fingerprint density at radius 3 is 2.52 bits per heavy atom. The zero-order valence-corrected chi connectivity index (χ0v) is 17.4. The number of nitrogens with one attached hydrogen (secondary N) is 1. The number of fused-ring (bicyclic) bond motifs is 2. The molecule has 2 aliphatic rings. The summed E-state index contributed by atoms with van der Waals surface area (Å²) in [4.78, 5) is 11.0. The lowest BCUT2D eigenvalue weighted by molar-refractivity contribution is -0.104. The number of nitrogens with zero attached hydrogens (tertiary/aromatic N) is 3. The highest BCUT2D eigenvalue weighted by Crippen LogP contribution is 2.49. The quantitative estimate of drug-likeness (QED) is 0.819. The summed E-state index contributed by atoms with van der Waals surface area (Å²) in [7, 11) is 1.83. The van der Waals surface area contributed by atoms with Crippen molar-refractivity contribution in [1.82, 2.24) is 14.9 Å². The van der Waals surface area contributed by atoms with Gasteiger partial charge in [-0.05, 0) is 43.0 Å². The lowest BCUT2D eigenvalue weighted by Gasteiger charge is -2.39. The number of hydrogen-bond acceptors (Lipinski definition) is 5. The van der Waals surface area contributed by atoms with Crippen LogP contribution in [0.15, 0.2) is 30.6 Å². The Hall–Kier alpha value is -1.69. The van der Waals surface area contributed by atoms with E-state index in [0.29, 0.717) is 5.95 Å². The Labute approximate surface area is 167 Å². The molecule has 1 N–H and O–H groups in total. The molecule has 146 valence electrons. The number of anilines is 1. The minimum atomic E-state index is -0.178. The highest BCUT2D eigenvalue weighted by molar-refractivity contribution is 6.30. The van der Waals surface area contributed by atoms with E-state index < -0.39 is 0 Å². The van der Waals surface area contributed by atoms with Gasteiger partial charge in [0.2, 0.25) is 5.95 Å². The zero-order chi connectivity index (χ0) is 19.4. The normalized spacial score (nSPS) is 20.7. The molecule has 5 nitrogen and oxygen atoms in total. The molecule has 1 unspecified atom stereocenters. The molecule has 2 aliphatic heterocycles. The van der Waals surface area contributed by atoms with Crippen molar-refractivity contribution in [3.05, 3.63) is 52.3 Å². The standard InChI is InChI=1S/C19H23ClN4O.C2H6/c1-13-16-4-3-15(20)9-17(16)19(25-13)5-7-24(8-6-19)12-14-10-22-18(21-2)23-11-14;1-2/h3-4,9-11,13H,5-8,12H2,1-2H3,(H,21,22,23);1-2H3. The van der Waals surface area contributed by atoms with Crippen LogP contribution in [0.5, 0.6) is 0 Å². The van der Waals surface area contributed by atoms with Crippen LogP contribution in [0, 0.1) is 0 Å². The van der Waals surface area contributed by atoms with Crippen molar-refractivity contribution in [1.29, 1.82) is 0 Å². The Bertz CT molecular complexity index is 757. The number of rotatable bonds is 3. The van der Waals surface area contributed by atoms with Crippen molar-refractivity contribution in [2.24, 2.45) is 0 Å². The second kappa shape index (κ2) is 8.55. The van der Waals surface area contributed by atoms with Crippen molar-refractivity contribution in [2.45, 2.75) is 51.9 Å². The number of aromatic nitrogens is 2.